The normalized spacial score (nSPS) is 27.4. The Morgan fingerprint density at radius 3 is 2.39 bits per heavy atom. The van der Waals surface area contributed by atoms with Crippen molar-refractivity contribution in [1.29, 1.82) is 0 Å². The first-order valence-corrected chi connectivity index (χ1v) is 18.5. The fourth-order valence-electron chi connectivity index (χ4n) is 8.77. The summed E-state index contributed by atoms with van der Waals surface area (Å²) in [6, 6.07) is 3.73. The summed E-state index contributed by atoms with van der Waals surface area (Å²) in [6.07, 6.45) is 22.3. The molecule has 2 N–H and O–H groups in total. The monoisotopic (exact) mass is 609 g/mol. The Morgan fingerprint density at radius 1 is 0.886 bits per heavy atom. The fourth-order valence-corrected chi connectivity index (χ4v) is 8.77. The number of carbonyl (C=O) groups excluding carboxylic acids is 1. The molecule has 0 aromatic carbocycles. The van der Waals surface area contributed by atoms with E-state index in [0.717, 1.165) is 96.2 Å². The molecule has 9 heteroatoms. The predicted octanol–water partition coefficient (Wildman–Crippen LogP) is 5.22. The number of ether oxygens (including phenoxy) is 1. The topological polar surface area (TPSA) is 85.9 Å². The Kier molecular flexibility index (Phi) is 12.0. The van der Waals surface area contributed by atoms with Gasteiger partial charge >= 0.3 is 0 Å². The highest BCUT2D eigenvalue weighted by Gasteiger charge is 2.38. The average Bonchev–Trinajstić information content (AvgIpc) is 3.06. The van der Waals surface area contributed by atoms with Crippen LogP contribution in [0.4, 0.5) is 11.8 Å². The van der Waals surface area contributed by atoms with E-state index < -0.39 is 0 Å². The SMILES string of the molecule is O=C(C1CCNCC1)N(CC[C@@H]1[C@@H](Nc2nccc(N3CCCCCCC3)n2)CCCN1C1CCCCC1)C1CCOCC1. The maximum Gasteiger partial charge on any atom is 0.226 e. The average molecular weight is 610 g/mol. The van der Waals surface area contributed by atoms with Gasteiger partial charge in [-0.05, 0) is 96.3 Å². The van der Waals surface area contributed by atoms with E-state index in [1.54, 1.807) is 0 Å². The number of hydrogen-bond acceptors (Lipinski definition) is 8. The number of nitrogens with zero attached hydrogens (tertiary/aromatic N) is 5. The minimum Gasteiger partial charge on any atom is -0.381 e. The van der Waals surface area contributed by atoms with Crippen LogP contribution in [-0.2, 0) is 9.53 Å². The zero-order valence-electron chi connectivity index (χ0n) is 27.3. The smallest absolute Gasteiger partial charge is 0.226 e. The van der Waals surface area contributed by atoms with Gasteiger partial charge in [0, 0.05) is 69.1 Å². The van der Waals surface area contributed by atoms with E-state index in [1.165, 1.54) is 77.2 Å². The summed E-state index contributed by atoms with van der Waals surface area (Å²) < 4.78 is 5.73. The van der Waals surface area contributed by atoms with Gasteiger partial charge in [-0.3, -0.25) is 9.69 Å². The molecular formula is C35H59N7O2. The molecule has 0 unspecified atom stereocenters. The Bertz CT molecular complexity index is 1000. The van der Waals surface area contributed by atoms with Crippen LogP contribution < -0.4 is 15.5 Å². The Hall–Kier alpha value is -1.97. The van der Waals surface area contributed by atoms with Gasteiger partial charge in [0.15, 0.2) is 0 Å². The third-order valence-corrected chi connectivity index (χ3v) is 11.3. The van der Waals surface area contributed by atoms with Gasteiger partial charge in [0.2, 0.25) is 11.9 Å². The molecule has 0 spiro atoms. The van der Waals surface area contributed by atoms with Crippen molar-refractivity contribution < 1.29 is 9.53 Å². The van der Waals surface area contributed by atoms with Crippen LogP contribution in [0.15, 0.2) is 12.3 Å². The molecule has 246 valence electrons. The Balaban J connectivity index is 1.19. The molecule has 1 aliphatic carbocycles. The summed E-state index contributed by atoms with van der Waals surface area (Å²) in [5.74, 6) is 2.40. The number of rotatable bonds is 9. The molecule has 2 atom stereocenters. The zero-order chi connectivity index (χ0) is 30.0. The summed E-state index contributed by atoms with van der Waals surface area (Å²) in [5, 5.41) is 7.33. The molecule has 1 aromatic heterocycles. The van der Waals surface area contributed by atoms with E-state index >= 15 is 0 Å². The predicted molar refractivity (Wildman–Crippen MR) is 177 cm³/mol. The maximum absolute atomic E-state index is 14.1. The lowest BCUT2D eigenvalue weighted by Crippen LogP contribution is -2.57. The van der Waals surface area contributed by atoms with Crippen molar-refractivity contribution in [3.05, 3.63) is 12.3 Å². The quantitative estimate of drug-likeness (QED) is 0.394. The number of hydrogen-bond donors (Lipinski definition) is 2. The standard InChI is InChI=1S/C35H59N7O2/c43-34(28-13-19-36-20-14-28)42(30-17-26-44-27-18-30)25-16-32-31(12-9-24-41(32)29-10-5-4-6-11-29)38-35-37-21-15-33(39-35)40-22-7-2-1-3-8-23-40/h15,21,28-32,36H,1-14,16-20,22-27H2,(H,37,38,39)/t31-,32+/m0/s1. The lowest BCUT2D eigenvalue weighted by molar-refractivity contribution is -0.141. The fraction of sp³-hybridized carbons (Fsp3) is 0.857. The molecule has 5 fully saturated rings. The Labute approximate surface area is 266 Å². The van der Waals surface area contributed by atoms with E-state index in [9.17, 15) is 4.79 Å². The van der Waals surface area contributed by atoms with Crippen molar-refractivity contribution in [2.24, 2.45) is 5.92 Å². The first-order valence-electron chi connectivity index (χ1n) is 18.5. The Morgan fingerprint density at radius 2 is 1.61 bits per heavy atom. The minimum absolute atomic E-state index is 0.160. The summed E-state index contributed by atoms with van der Waals surface area (Å²) in [7, 11) is 0. The van der Waals surface area contributed by atoms with Gasteiger partial charge in [0.25, 0.3) is 0 Å². The van der Waals surface area contributed by atoms with Gasteiger partial charge < -0.3 is 25.2 Å². The van der Waals surface area contributed by atoms with Gasteiger partial charge in [0.05, 0.1) is 0 Å². The maximum atomic E-state index is 14.1. The summed E-state index contributed by atoms with van der Waals surface area (Å²) in [4.78, 5) is 31.5. The molecule has 1 amide bonds. The number of amides is 1. The molecule has 5 heterocycles. The molecule has 5 aliphatic rings. The third kappa shape index (κ3) is 8.43. The number of piperidine rings is 2. The van der Waals surface area contributed by atoms with Crippen molar-refractivity contribution in [3.8, 4) is 0 Å². The molecule has 9 nitrogen and oxygen atoms in total. The highest BCUT2D eigenvalue weighted by Crippen LogP contribution is 2.32. The number of carbonyl (C=O) groups is 1. The summed E-state index contributed by atoms with van der Waals surface area (Å²) >= 11 is 0. The molecular weight excluding hydrogens is 550 g/mol. The molecule has 6 rings (SSSR count). The van der Waals surface area contributed by atoms with Crippen molar-refractivity contribution in [3.63, 3.8) is 0 Å². The molecule has 1 saturated carbocycles. The van der Waals surface area contributed by atoms with Gasteiger partial charge in [0.1, 0.15) is 5.82 Å². The van der Waals surface area contributed by atoms with E-state index in [4.69, 9.17) is 14.7 Å². The minimum atomic E-state index is 0.160. The van der Waals surface area contributed by atoms with Crippen LogP contribution >= 0.6 is 0 Å². The van der Waals surface area contributed by atoms with Crippen LogP contribution in [0.2, 0.25) is 0 Å². The molecule has 44 heavy (non-hydrogen) atoms. The van der Waals surface area contributed by atoms with Crippen molar-refractivity contribution in [2.45, 2.75) is 133 Å². The molecule has 4 aliphatic heterocycles. The first-order chi connectivity index (χ1) is 21.8. The number of nitrogens with one attached hydrogen (secondary N) is 2. The van der Waals surface area contributed by atoms with Gasteiger partial charge in [-0.1, -0.05) is 38.5 Å². The highest BCUT2D eigenvalue weighted by atomic mass is 16.5. The summed E-state index contributed by atoms with van der Waals surface area (Å²) in [6.45, 7) is 7.64. The highest BCUT2D eigenvalue weighted by molar-refractivity contribution is 5.79. The third-order valence-electron chi connectivity index (χ3n) is 11.3. The van der Waals surface area contributed by atoms with E-state index in [0.29, 0.717) is 30.1 Å². The van der Waals surface area contributed by atoms with Gasteiger partial charge in [-0.15, -0.1) is 0 Å². The second-order valence-corrected chi connectivity index (χ2v) is 14.2. The largest absolute Gasteiger partial charge is 0.381 e. The second kappa shape index (κ2) is 16.5. The van der Waals surface area contributed by atoms with E-state index in [1.807, 2.05) is 6.20 Å². The number of aromatic nitrogens is 2. The number of likely N-dealkylation sites (tertiary alicyclic amines) is 1. The van der Waals surface area contributed by atoms with Gasteiger partial charge in [-0.2, -0.15) is 4.98 Å². The second-order valence-electron chi connectivity index (χ2n) is 14.2. The molecule has 0 bridgehead atoms. The molecule has 0 radical (unpaired) electrons. The summed E-state index contributed by atoms with van der Waals surface area (Å²) in [5.41, 5.74) is 0. The van der Waals surface area contributed by atoms with Crippen molar-refractivity contribution >= 4 is 17.7 Å². The van der Waals surface area contributed by atoms with Crippen LogP contribution in [0.25, 0.3) is 0 Å². The van der Waals surface area contributed by atoms with Crippen molar-refractivity contribution in [2.75, 3.05) is 62.7 Å². The van der Waals surface area contributed by atoms with Crippen LogP contribution in [0.5, 0.6) is 0 Å². The molecule has 1 aromatic rings. The van der Waals surface area contributed by atoms with Gasteiger partial charge in [-0.25, -0.2) is 4.98 Å². The van der Waals surface area contributed by atoms with E-state index in [2.05, 4.69) is 31.4 Å². The number of anilines is 2. The van der Waals surface area contributed by atoms with Crippen LogP contribution in [-0.4, -0.2) is 102 Å². The zero-order valence-corrected chi connectivity index (χ0v) is 27.3. The van der Waals surface area contributed by atoms with Crippen LogP contribution in [0.3, 0.4) is 0 Å². The molecule has 4 saturated heterocycles. The lowest BCUT2D eigenvalue weighted by atomic mass is 9.86. The lowest BCUT2D eigenvalue weighted by Gasteiger charge is -2.48. The van der Waals surface area contributed by atoms with Crippen molar-refractivity contribution in [1.82, 2.24) is 25.1 Å². The van der Waals surface area contributed by atoms with Crippen LogP contribution in [0.1, 0.15) is 109 Å². The first kappa shape index (κ1) is 32.0. The van der Waals surface area contributed by atoms with Crippen LogP contribution in [0, 0.1) is 5.92 Å². The van der Waals surface area contributed by atoms with E-state index in [-0.39, 0.29) is 5.92 Å².